The average Bonchev–Trinajstić information content (AvgIpc) is 3.11. The van der Waals surface area contributed by atoms with E-state index in [0.29, 0.717) is 19.7 Å². The molecule has 2 aromatic rings. The van der Waals surface area contributed by atoms with Gasteiger partial charge in [0, 0.05) is 19.5 Å². The highest BCUT2D eigenvalue weighted by Crippen LogP contribution is 2.07. The van der Waals surface area contributed by atoms with Gasteiger partial charge in [-0.1, -0.05) is 37.3 Å². The Bertz CT molecular complexity index is 701. The number of ether oxygens (including phenoxy) is 1. The normalized spacial score (nSPS) is 10.8. The molecular weight excluding hydrogens is 455 g/mol. The van der Waals surface area contributed by atoms with Gasteiger partial charge in [0.1, 0.15) is 24.5 Å². The summed E-state index contributed by atoms with van der Waals surface area (Å²) in [5.74, 6) is 2.59. The number of aliphatic imine (C=N–C) groups is 1. The maximum absolute atomic E-state index is 5.69. The summed E-state index contributed by atoms with van der Waals surface area (Å²) in [7, 11) is 0. The minimum atomic E-state index is 0. The molecule has 0 saturated carbocycles. The fourth-order valence-electron chi connectivity index (χ4n) is 2.28. The molecule has 2 N–H and O–H groups in total. The van der Waals surface area contributed by atoms with Gasteiger partial charge in [-0.05, 0) is 19.1 Å². The smallest absolute Gasteiger partial charge is 0.191 e. The van der Waals surface area contributed by atoms with E-state index in [1.54, 1.807) is 6.33 Å². The van der Waals surface area contributed by atoms with E-state index in [0.717, 1.165) is 42.6 Å². The predicted molar refractivity (Wildman–Crippen MR) is 120 cm³/mol. The molecule has 0 radical (unpaired) electrons. The zero-order valence-corrected chi connectivity index (χ0v) is 18.3. The van der Waals surface area contributed by atoms with Crippen LogP contribution >= 0.6 is 24.0 Å². The summed E-state index contributed by atoms with van der Waals surface area (Å²) >= 11 is 0. The maximum Gasteiger partial charge on any atom is 0.191 e. The Hall–Kier alpha value is -2.10. The molecule has 27 heavy (non-hydrogen) atoms. The van der Waals surface area contributed by atoms with Crippen LogP contribution in [0.15, 0.2) is 53.8 Å². The van der Waals surface area contributed by atoms with Gasteiger partial charge in [0.05, 0.1) is 13.1 Å². The third-order valence-corrected chi connectivity index (χ3v) is 3.57. The van der Waals surface area contributed by atoms with Crippen LogP contribution in [-0.4, -0.2) is 47.0 Å². The molecule has 7 nitrogen and oxygen atoms in total. The van der Waals surface area contributed by atoms with E-state index in [4.69, 9.17) is 4.74 Å². The Labute approximate surface area is 178 Å². The van der Waals surface area contributed by atoms with E-state index in [-0.39, 0.29) is 24.0 Å². The number of halogens is 1. The molecule has 0 bridgehead atoms. The zero-order valence-electron chi connectivity index (χ0n) is 16.0. The van der Waals surface area contributed by atoms with Crippen LogP contribution in [0.5, 0.6) is 5.75 Å². The SMILES string of the molecule is C=C(C)CN=C(NCCOc1ccccc1)NCCn1cnnc1CC.I. The van der Waals surface area contributed by atoms with Crippen LogP contribution in [0.1, 0.15) is 19.7 Å². The summed E-state index contributed by atoms with van der Waals surface area (Å²) in [5, 5.41) is 14.7. The summed E-state index contributed by atoms with van der Waals surface area (Å²) in [6.45, 7) is 11.2. The number of hydrogen-bond acceptors (Lipinski definition) is 4. The Morgan fingerprint density at radius 3 is 2.67 bits per heavy atom. The molecule has 0 unspecified atom stereocenters. The third kappa shape index (κ3) is 8.89. The molecule has 1 aromatic heterocycles. The fraction of sp³-hybridized carbons (Fsp3) is 0.421. The first-order valence-corrected chi connectivity index (χ1v) is 8.90. The van der Waals surface area contributed by atoms with Crippen molar-refractivity contribution in [2.75, 3.05) is 26.2 Å². The summed E-state index contributed by atoms with van der Waals surface area (Å²) < 4.78 is 7.74. The van der Waals surface area contributed by atoms with Gasteiger partial charge in [-0.2, -0.15) is 0 Å². The standard InChI is InChI=1S/C19H28N6O.HI/c1-4-18-24-23-15-25(18)12-10-20-19(22-14-16(2)3)21-11-13-26-17-8-6-5-7-9-17;/h5-9,15H,2,4,10-14H2,1,3H3,(H2,20,21,22);1H. The molecule has 1 aromatic carbocycles. The van der Waals surface area contributed by atoms with Crippen molar-refractivity contribution in [1.82, 2.24) is 25.4 Å². The Morgan fingerprint density at radius 2 is 1.96 bits per heavy atom. The lowest BCUT2D eigenvalue weighted by atomic mass is 10.3. The average molecular weight is 484 g/mol. The maximum atomic E-state index is 5.69. The van der Waals surface area contributed by atoms with Gasteiger partial charge in [-0.15, -0.1) is 34.2 Å². The topological polar surface area (TPSA) is 76.4 Å². The van der Waals surface area contributed by atoms with Crippen LogP contribution in [0.4, 0.5) is 0 Å². The minimum absolute atomic E-state index is 0. The van der Waals surface area contributed by atoms with Crippen LogP contribution < -0.4 is 15.4 Å². The number of guanidine groups is 1. The minimum Gasteiger partial charge on any atom is -0.492 e. The summed E-state index contributed by atoms with van der Waals surface area (Å²) in [6, 6.07) is 9.77. The number of hydrogen-bond donors (Lipinski definition) is 2. The second-order valence-corrected chi connectivity index (χ2v) is 5.93. The van der Waals surface area contributed by atoms with Crippen LogP contribution in [0.25, 0.3) is 0 Å². The Kier molecular flexibility index (Phi) is 11.2. The van der Waals surface area contributed by atoms with Gasteiger partial charge >= 0.3 is 0 Å². The molecule has 0 aliphatic carbocycles. The number of nitrogens with zero attached hydrogens (tertiary/aromatic N) is 4. The highest BCUT2D eigenvalue weighted by Gasteiger charge is 2.03. The van der Waals surface area contributed by atoms with Gasteiger partial charge in [0.2, 0.25) is 0 Å². The molecule has 2 rings (SSSR count). The lowest BCUT2D eigenvalue weighted by Gasteiger charge is -2.14. The second kappa shape index (κ2) is 13.1. The van der Waals surface area contributed by atoms with E-state index < -0.39 is 0 Å². The third-order valence-electron chi connectivity index (χ3n) is 3.57. The predicted octanol–water partition coefficient (Wildman–Crippen LogP) is 2.65. The van der Waals surface area contributed by atoms with Crippen molar-refractivity contribution in [2.45, 2.75) is 26.8 Å². The molecule has 0 aliphatic rings. The van der Waals surface area contributed by atoms with E-state index in [9.17, 15) is 0 Å². The van der Waals surface area contributed by atoms with E-state index >= 15 is 0 Å². The summed E-state index contributed by atoms with van der Waals surface area (Å²) in [4.78, 5) is 4.53. The number of aryl methyl sites for hydroxylation is 1. The molecular formula is C19H29IN6O. The second-order valence-electron chi connectivity index (χ2n) is 5.93. The number of rotatable bonds is 10. The van der Waals surface area contributed by atoms with Crippen molar-refractivity contribution in [3.8, 4) is 5.75 Å². The molecule has 0 atom stereocenters. The fourth-order valence-corrected chi connectivity index (χ4v) is 2.28. The first kappa shape index (κ1) is 22.9. The van der Waals surface area contributed by atoms with Crippen molar-refractivity contribution >= 4 is 29.9 Å². The Balaban J connectivity index is 0.00000364. The first-order valence-electron chi connectivity index (χ1n) is 8.90. The number of aromatic nitrogens is 3. The van der Waals surface area contributed by atoms with E-state index in [1.807, 2.05) is 41.8 Å². The lowest BCUT2D eigenvalue weighted by molar-refractivity contribution is 0.322. The summed E-state index contributed by atoms with van der Waals surface area (Å²) in [5.41, 5.74) is 1.01. The van der Waals surface area contributed by atoms with E-state index in [1.165, 1.54) is 0 Å². The Morgan fingerprint density at radius 1 is 1.22 bits per heavy atom. The number of para-hydroxylation sites is 1. The van der Waals surface area contributed by atoms with Crippen molar-refractivity contribution < 1.29 is 4.74 Å². The first-order chi connectivity index (χ1) is 12.7. The molecule has 1 heterocycles. The molecule has 8 heteroatoms. The van der Waals surface area contributed by atoms with Crippen LogP contribution in [0.3, 0.4) is 0 Å². The zero-order chi connectivity index (χ0) is 18.6. The molecule has 0 amide bonds. The van der Waals surface area contributed by atoms with Crippen molar-refractivity contribution in [2.24, 2.45) is 4.99 Å². The lowest BCUT2D eigenvalue weighted by Crippen LogP contribution is -2.41. The highest BCUT2D eigenvalue weighted by atomic mass is 127. The molecule has 0 fully saturated rings. The van der Waals surface area contributed by atoms with Gasteiger partial charge in [0.15, 0.2) is 5.96 Å². The van der Waals surface area contributed by atoms with Gasteiger partial charge in [-0.25, -0.2) is 4.99 Å². The van der Waals surface area contributed by atoms with Gasteiger partial charge in [-0.3, -0.25) is 0 Å². The van der Waals surface area contributed by atoms with Crippen molar-refractivity contribution in [3.05, 3.63) is 54.6 Å². The van der Waals surface area contributed by atoms with Gasteiger partial charge in [0.25, 0.3) is 0 Å². The van der Waals surface area contributed by atoms with Crippen LogP contribution in [-0.2, 0) is 13.0 Å². The quantitative estimate of drug-likeness (QED) is 0.178. The van der Waals surface area contributed by atoms with Crippen LogP contribution in [0.2, 0.25) is 0 Å². The summed E-state index contributed by atoms with van der Waals surface area (Å²) in [6.07, 6.45) is 2.62. The molecule has 148 valence electrons. The molecule has 0 spiro atoms. The molecule has 0 saturated heterocycles. The van der Waals surface area contributed by atoms with E-state index in [2.05, 4.69) is 39.3 Å². The number of nitrogens with one attached hydrogen (secondary N) is 2. The number of benzene rings is 1. The van der Waals surface area contributed by atoms with Crippen molar-refractivity contribution in [3.63, 3.8) is 0 Å². The van der Waals surface area contributed by atoms with Crippen molar-refractivity contribution in [1.29, 1.82) is 0 Å². The van der Waals surface area contributed by atoms with Crippen LogP contribution in [0, 0.1) is 0 Å². The monoisotopic (exact) mass is 484 g/mol. The highest BCUT2D eigenvalue weighted by molar-refractivity contribution is 14.0. The largest absolute Gasteiger partial charge is 0.492 e. The van der Waals surface area contributed by atoms with Gasteiger partial charge < -0.3 is 19.9 Å². The molecule has 0 aliphatic heterocycles.